The van der Waals surface area contributed by atoms with Crippen molar-refractivity contribution in [2.75, 3.05) is 5.33 Å². The number of alkyl halides is 1. The van der Waals surface area contributed by atoms with E-state index in [4.69, 9.17) is 0 Å². The topological polar surface area (TPSA) is 29.1 Å². The largest absolute Gasteiger partial charge is 0.349 e. The van der Waals surface area contributed by atoms with Crippen LogP contribution in [0, 0.1) is 9.49 Å². The molecule has 0 aliphatic rings. The van der Waals surface area contributed by atoms with Gasteiger partial charge in [0.1, 0.15) is 0 Å². The lowest BCUT2D eigenvalue weighted by Gasteiger charge is -2.19. The van der Waals surface area contributed by atoms with Crippen molar-refractivity contribution in [3.05, 3.63) is 31.8 Å². The van der Waals surface area contributed by atoms with Crippen molar-refractivity contribution in [3.8, 4) is 0 Å². The second-order valence-corrected chi connectivity index (χ2v) is 6.77. The number of nitrogens with one attached hydrogen (secondary N) is 1. The van der Waals surface area contributed by atoms with Crippen LogP contribution in [0.3, 0.4) is 0 Å². The van der Waals surface area contributed by atoms with E-state index in [2.05, 4.69) is 66.7 Å². The summed E-state index contributed by atoms with van der Waals surface area (Å²) >= 11 is 9.03. The molecular formula is C12H14Br2INO. The molecule has 0 spiro atoms. The number of carbonyl (C=O) groups is 1. The highest BCUT2D eigenvalue weighted by Gasteiger charge is 2.16. The van der Waals surface area contributed by atoms with Crippen LogP contribution in [0.25, 0.3) is 0 Å². The minimum Gasteiger partial charge on any atom is -0.349 e. The number of amides is 1. The normalized spacial score (nSPS) is 14.2. The van der Waals surface area contributed by atoms with E-state index >= 15 is 0 Å². The van der Waals surface area contributed by atoms with Crippen LogP contribution in [0.15, 0.2) is 22.7 Å². The van der Waals surface area contributed by atoms with Crippen molar-refractivity contribution in [3.63, 3.8) is 0 Å². The highest BCUT2D eigenvalue weighted by Crippen LogP contribution is 2.20. The zero-order valence-corrected chi connectivity index (χ0v) is 15.0. The molecule has 0 saturated heterocycles. The number of benzene rings is 1. The van der Waals surface area contributed by atoms with Gasteiger partial charge in [0.15, 0.2) is 0 Å². The van der Waals surface area contributed by atoms with Crippen molar-refractivity contribution < 1.29 is 4.79 Å². The zero-order chi connectivity index (χ0) is 13.0. The van der Waals surface area contributed by atoms with Gasteiger partial charge in [0.25, 0.3) is 5.91 Å². The summed E-state index contributed by atoms with van der Waals surface area (Å²) in [6, 6.07) is 5.89. The monoisotopic (exact) mass is 473 g/mol. The van der Waals surface area contributed by atoms with Crippen LogP contribution in [-0.4, -0.2) is 17.3 Å². The third-order valence-corrected chi connectivity index (χ3v) is 5.01. The lowest BCUT2D eigenvalue weighted by atomic mass is 10.1. The molecule has 0 heterocycles. The van der Waals surface area contributed by atoms with E-state index in [1.807, 2.05) is 25.1 Å². The molecule has 0 radical (unpaired) electrons. The van der Waals surface area contributed by atoms with Crippen LogP contribution in [0.4, 0.5) is 0 Å². The summed E-state index contributed by atoms with van der Waals surface area (Å²) in [4.78, 5) is 12.1. The highest BCUT2D eigenvalue weighted by molar-refractivity contribution is 14.1. The van der Waals surface area contributed by atoms with E-state index in [1.165, 1.54) is 0 Å². The number of rotatable bonds is 4. The summed E-state index contributed by atoms with van der Waals surface area (Å²) in [6.45, 7) is 4.12. The average molecular weight is 475 g/mol. The molecule has 5 heteroatoms. The van der Waals surface area contributed by atoms with Gasteiger partial charge in [0, 0.05) is 19.4 Å². The van der Waals surface area contributed by atoms with Gasteiger partial charge in [0.2, 0.25) is 0 Å². The second-order valence-electron chi connectivity index (χ2n) is 4.02. The minimum atomic E-state index is -0.0318. The fourth-order valence-corrected chi connectivity index (χ4v) is 2.71. The summed E-state index contributed by atoms with van der Waals surface area (Å²) in [5, 5.41) is 3.89. The molecule has 1 rings (SSSR count). The van der Waals surface area contributed by atoms with Crippen LogP contribution in [0.1, 0.15) is 24.2 Å². The predicted molar refractivity (Wildman–Crippen MR) is 86.7 cm³/mol. The van der Waals surface area contributed by atoms with Crippen molar-refractivity contribution in [1.29, 1.82) is 0 Å². The molecule has 2 unspecified atom stereocenters. The first-order chi connectivity index (χ1) is 7.95. The van der Waals surface area contributed by atoms with Crippen LogP contribution in [-0.2, 0) is 0 Å². The Kier molecular flexibility index (Phi) is 6.44. The molecule has 0 saturated carbocycles. The number of carbonyl (C=O) groups excluding carboxylic acids is 1. The molecule has 0 aliphatic heterocycles. The molecule has 0 aliphatic carbocycles. The molecule has 94 valence electrons. The van der Waals surface area contributed by atoms with Gasteiger partial charge >= 0.3 is 0 Å². The molecule has 0 aromatic heterocycles. The second kappa shape index (κ2) is 7.09. The van der Waals surface area contributed by atoms with Gasteiger partial charge < -0.3 is 5.32 Å². The SMILES string of the molecule is CC(CBr)C(C)NC(=O)c1cc(I)ccc1Br. The van der Waals surface area contributed by atoms with Gasteiger partial charge in [0.05, 0.1) is 5.56 Å². The van der Waals surface area contributed by atoms with Crippen molar-refractivity contribution in [2.24, 2.45) is 5.92 Å². The molecule has 1 aromatic rings. The lowest BCUT2D eigenvalue weighted by molar-refractivity contribution is 0.0930. The van der Waals surface area contributed by atoms with Crippen molar-refractivity contribution >= 4 is 60.4 Å². The summed E-state index contributed by atoms with van der Waals surface area (Å²) in [7, 11) is 0. The van der Waals surface area contributed by atoms with Crippen molar-refractivity contribution in [1.82, 2.24) is 5.32 Å². The maximum atomic E-state index is 12.1. The first-order valence-electron chi connectivity index (χ1n) is 5.27. The van der Waals surface area contributed by atoms with E-state index in [1.54, 1.807) is 0 Å². The first-order valence-corrected chi connectivity index (χ1v) is 8.27. The molecule has 1 amide bonds. The van der Waals surface area contributed by atoms with Crippen LogP contribution in [0.5, 0.6) is 0 Å². The number of hydrogen-bond acceptors (Lipinski definition) is 1. The maximum Gasteiger partial charge on any atom is 0.252 e. The minimum absolute atomic E-state index is 0.0318. The van der Waals surface area contributed by atoms with Crippen molar-refractivity contribution in [2.45, 2.75) is 19.9 Å². The van der Waals surface area contributed by atoms with E-state index in [9.17, 15) is 4.79 Å². The standard InChI is InChI=1S/C12H14Br2INO/c1-7(6-13)8(2)16-12(17)10-5-9(15)3-4-11(10)14/h3-5,7-8H,6H2,1-2H3,(H,16,17). The van der Waals surface area contributed by atoms with Crippen LogP contribution in [0.2, 0.25) is 0 Å². The van der Waals surface area contributed by atoms with E-state index < -0.39 is 0 Å². The Labute approximate surface area is 132 Å². The summed E-state index contributed by atoms with van der Waals surface area (Å²) in [6.07, 6.45) is 0. The fraction of sp³-hybridized carbons (Fsp3) is 0.417. The first kappa shape index (κ1) is 15.4. The lowest BCUT2D eigenvalue weighted by Crippen LogP contribution is -2.37. The van der Waals surface area contributed by atoms with Crippen LogP contribution < -0.4 is 5.32 Å². The van der Waals surface area contributed by atoms with Gasteiger partial charge in [-0.3, -0.25) is 4.79 Å². The van der Waals surface area contributed by atoms with E-state index in [-0.39, 0.29) is 11.9 Å². The fourth-order valence-electron chi connectivity index (χ4n) is 1.23. The molecule has 2 nitrogen and oxygen atoms in total. The third-order valence-electron chi connectivity index (χ3n) is 2.63. The predicted octanol–water partition coefficient (Wildman–Crippen LogP) is 4.20. The Morgan fingerprint density at radius 1 is 1.47 bits per heavy atom. The summed E-state index contributed by atoms with van der Waals surface area (Å²) < 4.78 is 1.88. The third kappa shape index (κ3) is 4.52. The van der Waals surface area contributed by atoms with E-state index in [0.717, 1.165) is 13.4 Å². The number of halogens is 3. The summed E-state index contributed by atoms with van der Waals surface area (Å²) in [5.74, 6) is 0.371. The van der Waals surface area contributed by atoms with E-state index in [0.29, 0.717) is 11.5 Å². The van der Waals surface area contributed by atoms with Crippen LogP contribution >= 0.6 is 54.5 Å². The Balaban J connectivity index is 2.79. The zero-order valence-electron chi connectivity index (χ0n) is 9.64. The Morgan fingerprint density at radius 3 is 2.71 bits per heavy atom. The number of hydrogen-bond donors (Lipinski definition) is 1. The maximum absolute atomic E-state index is 12.1. The molecule has 1 N–H and O–H groups in total. The van der Waals surface area contributed by atoms with Gasteiger partial charge in [-0.2, -0.15) is 0 Å². The Bertz CT molecular complexity index is 411. The van der Waals surface area contributed by atoms with Gasteiger partial charge in [-0.05, 0) is 69.6 Å². The van der Waals surface area contributed by atoms with Gasteiger partial charge in [-0.1, -0.05) is 22.9 Å². The Hall–Kier alpha value is 0.380. The smallest absolute Gasteiger partial charge is 0.252 e. The Morgan fingerprint density at radius 2 is 2.12 bits per heavy atom. The molecule has 2 atom stereocenters. The van der Waals surface area contributed by atoms with Gasteiger partial charge in [-0.15, -0.1) is 0 Å². The molecule has 1 aromatic carbocycles. The quantitative estimate of drug-likeness (QED) is 0.514. The molecule has 17 heavy (non-hydrogen) atoms. The summed E-state index contributed by atoms with van der Waals surface area (Å²) in [5.41, 5.74) is 0.686. The average Bonchev–Trinajstić information content (AvgIpc) is 2.30. The molecular weight excluding hydrogens is 461 g/mol. The highest BCUT2D eigenvalue weighted by atomic mass is 127. The molecule has 0 fully saturated rings. The van der Waals surface area contributed by atoms with Gasteiger partial charge in [-0.25, -0.2) is 0 Å². The molecule has 0 bridgehead atoms.